The van der Waals surface area contributed by atoms with Crippen LogP contribution in [-0.4, -0.2) is 12.4 Å². The maximum absolute atomic E-state index is 11.8. The first-order valence-electron chi connectivity index (χ1n) is 5.33. The van der Waals surface area contributed by atoms with Crippen LogP contribution in [-0.2, 0) is 0 Å². The van der Waals surface area contributed by atoms with Crippen LogP contribution >= 0.6 is 0 Å². The van der Waals surface area contributed by atoms with Gasteiger partial charge in [-0.05, 0) is 25.5 Å². The number of ether oxygens (including phenoxy) is 1. The van der Waals surface area contributed by atoms with E-state index in [2.05, 4.69) is 6.92 Å². The van der Waals surface area contributed by atoms with Crippen molar-refractivity contribution in [2.75, 3.05) is 6.61 Å². The molecule has 0 aliphatic carbocycles. The fourth-order valence-electron chi connectivity index (χ4n) is 1.40. The van der Waals surface area contributed by atoms with E-state index in [0.717, 1.165) is 12.8 Å². The van der Waals surface area contributed by atoms with E-state index in [-0.39, 0.29) is 5.78 Å². The van der Waals surface area contributed by atoms with Crippen LogP contribution in [0.25, 0.3) is 0 Å². The van der Waals surface area contributed by atoms with Crippen molar-refractivity contribution in [2.24, 2.45) is 0 Å². The lowest BCUT2D eigenvalue weighted by Crippen LogP contribution is -2.03. The third-order valence-electron chi connectivity index (χ3n) is 2.14. The Kier molecular flexibility index (Phi) is 4.88. The molecule has 0 unspecified atom stereocenters. The van der Waals surface area contributed by atoms with Crippen LogP contribution in [0.3, 0.4) is 0 Å². The number of benzene rings is 1. The van der Waals surface area contributed by atoms with Gasteiger partial charge in [0.15, 0.2) is 5.78 Å². The molecule has 1 rings (SSSR count). The molecule has 0 aliphatic rings. The Bertz CT molecular complexity index is 318. The molecule has 15 heavy (non-hydrogen) atoms. The molecule has 0 N–H and O–H groups in total. The molecule has 81 valence electrons. The van der Waals surface area contributed by atoms with Crippen LogP contribution in [0.5, 0.6) is 5.75 Å². The number of hydrogen-bond donors (Lipinski definition) is 0. The average Bonchev–Trinajstić information content (AvgIpc) is 2.27. The molecular weight excluding hydrogens is 188 g/mol. The number of unbranched alkanes of at least 4 members (excludes halogenated alkanes) is 1. The van der Waals surface area contributed by atoms with Crippen molar-refractivity contribution >= 4 is 5.78 Å². The van der Waals surface area contributed by atoms with Crippen molar-refractivity contribution in [3.05, 3.63) is 36.8 Å². The van der Waals surface area contributed by atoms with Gasteiger partial charge in [-0.15, -0.1) is 0 Å². The zero-order chi connectivity index (χ0) is 11.1. The van der Waals surface area contributed by atoms with E-state index in [4.69, 9.17) is 4.74 Å². The van der Waals surface area contributed by atoms with Gasteiger partial charge in [-0.1, -0.05) is 25.5 Å². The Morgan fingerprint density at radius 2 is 2.13 bits per heavy atom. The minimum absolute atomic E-state index is 0.141. The van der Waals surface area contributed by atoms with E-state index in [1.807, 2.05) is 31.2 Å². The molecule has 1 aromatic carbocycles. The highest BCUT2D eigenvalue weighted by molar-refractivity contribution is 5.98. The standard InChI is InChI=1S/C13H17O2/c1-3-5-9-12(14)11-8-6-7-10-13(11)15-4-2/h6-8,10H,1,3-5,9H2,2H3. The summed E-state index contributed by atoms with van der Waals surface area (Å²) in [7, 11) is 0. The topological polar surface area (TPSA) is 26.3 Å². The lowest BCUT2D eigenvalue weighted by Gasteiger charge is -2.08. The van der Waals surface area contributed by atoms with E-state index in [1.165, 1.54) is 0 Å². The first-order chi connectivity index (χ1) is 7.29. The number of ketones is 1. The van der Waals surface area contributed by atoms with Crippen LogP contribution in [0.4, 0.5) is 0 Å². The van der Waals surface area contributed by atoms with Crippen molar-refractivity contribution in [1.29, 1.82) is 0 Å². The lowest BCUT2D eigenvalue weighted by atomic mass is 10.0. The lowest BCUT2D eigenvalue weighted by molar-refractivity contribution is 0.0976. The van der Waals surface area contributed by atoms with Gasteiger partial charge in [-0.25, -0.2) is 0 Å². The minimum Gasteiger partial charge on any atom is -0.493 e. The van der Waals surface area contributed by atoms with Gasteiger partial charge in [0.2, 0.25) is 0 Å². The second-order valence-electron chi connectivity index (χ2n) is 3.31. The third-order valence-corrected chi connectivity index (χ3v) is 2.14. The Balaban J connectivity index is 2.77. The minimum atomic E-state index is 0.141. The van der Waals surface area contributed by atoms with Gasteiger partial charge in [-0.2, -0.15) is 0 Å². The van der Waals surface area contributed by atoms with Gasteiger partial charge < -0.3 is 4.74 Å². The van der Waals surface area contributed by atoms with Crippen LogP contribution in [0.2, 0.25) is 0 Å². The predicted molar refractivity (Wildman–Crippen MR) is 61.1 cm³/mol. The van der Waals surface area contributed by atoms with Gasteiger partial charge in [-0.3, -0.25) is 4.79 Å². The summed E-state index contributed by atoms with van der Waals surface area (Å²) in [6.45, 7) is 6.22. The maximum atomic E-state index is 11.8. The largest absolute Gasteiger partial charge is 0.493 e. The summed E-state index contributed by atoms with van der Waals surface area (Å²) in [6, 6.07) is 7.39. The number of rotatable bonds is 6. The summed E-state index contributed by atoms with van der Waals surface area (Å²) >= 11 is 0. The molecule has 2 heteroatoms. The van der Waals surface area contributed by atoms with Crippen LogP contribution in [0.15, 0.2) is 24.3 Å². The fourth-order valence-corrected chi connectivity index (χ4v) is 1.40. The predicted octanol–water partition coefficient (Wildman–Crippen LogP) is 3.27. The Labute approximate surface area is 91.3 Å². The zero-order valence-corrected chi connectivity index (χ0v) is 9.16. The summed E-state index contributed by atoms with van der Waals surface area (Å²) in [5.41, 5.74) is 0.688. The Morgan fingerprint density at radius 3 is 2.80 bits per heavy atom. The normalized spacial score (nSPS) is 10.0. The average molecular weight is 205 g/mol. The van der Waals surface area contributed by atoms with Gasteiger partial charge in [0, 0.05) is 6.42 Å². The molecule has 0 aliphatic heterocycles. The van der Waals surface area contributed by atoms with Crippen LogP contribution in [0, 0.1) is 6.92 Å². The first-order valence-corrected chi connectivity index (χ1v) is 5.33. The highest BCUT2D eigenvalue weighted by Gasteiger charge is 2.10. The quantitative estimate of drug-likeness (QED) is 0.666. The summed E-state index contributed by atoms with van der Waals surface area (Å²) in [5, 5.41) is 0. The van der Waals surface area contributed by atoms with Crippen molar-refractivity contribution in [2.45, 2.75) is 26.2 Å². The van der Waals surface area contributed by atoms with E-state index in [9.17, 15) is 4.79 Å². The molecule has 0 spiro atoms. The van der Waals surface area contributed by atoms with Gasteiger partial charge in [0.1, 0.15) is 5.75 Å². The number of para-hydroxylation sites is 1. The smallest absolute Gasteiger partial charge is 0.166 e. The van der Waals surface area contributed by atoms with Gasteiger partial charge in [0.25, 0.3) is 0 Å². The molecule has 0 amide bonds. The molecule has 0 saturated carbocycles. The van der Waals surface area contributed by atoms with E-state index in [1.54, 1.807) is 0 Å². The van der Waals surface area contributed by atoms with Gasteiger partial charge >= 0.3 is 0 Å². The van der Waals surface area contributed by atoms with Crippen LogP contribution in [0.1, 0.15) is 36.5 Å². The second-order valence-corrected chi connectivity index (χ2v) is 3.31. The number of carbonyl (C=O) groups excluding carboxylic acids is 1. The Hall–Kier alpha value is -1.31. The zero-order valence-electron chi connectivity index (χ0n) is 9.16. The van der Waals surface area contributed by atoms with Crippen molar-refractivity contribution < 1.29 is 9.53 Å². The summed E-state index contributed by atoms with van der Waals surface area (Å²) in [4.78, 5) is 11.8. The fraction of sp³-hybridized carbons (Fsp3) is 0.385. The molecule has 2 nitrogen and oxygen atoms in total. The third kappa shape index (κ3) is 3.39. The molecule has 1 radical (unpaired) electrons. The second kappa shape index (κ2) is 6.23. The molecule has 0 aromatic heterocycles. The first kappa shape index (κ1) is 11.8. The van der Waals surface area contributed by atoms with Gasteiger partial charge in [0.05, 0.1) is 12.2 Å². The molecule has 0 heterocycles. The SMILES string of the molecule is [CH2]CCCC(=O)c1ccccc1OCC. The summed E-state index contributed by atoms with van der Waals surface area (Å²) < 4.78 is 5.40. The Morgan fingerprint density at radius 1 is 1.40 bits per heavy atom. The van der Waals surface area contributed by atoms with Crippen molar-refractivity contribution in [3.63, 3.8) is 0 Å². The highest BCUT2D eigenvalue weighted by Crippen LogP contribution is 2.20. The molecular formula is C13H17O2. The van der Waals surface area contributed by atoms with E-state index >= 15 is 0 Å². The molecule has 1 aromatic rings. The maximum Gasteiger partial charge on any atom is 0.166 e. The highest BCUT2D eigenvalue weighted by atomic mass is 16.5. The van der Waals surface area contributed by atoms with Crippen LogP contribution < -0.4 is 4.74 Å². The van der Waals surface area contributed by atoms with Crippen molar-refractivity contribution in [1.82, 2.24) is 0 Å². The summed E-state index contributed by atoms with van der Waals surface area (Å²) in [5.74, 6) is 0.830. The molecule has 0 fully saturated rings. The van der Waals surface area contributed by atoms with E-state index < -0.39 is 0 Å². The van der Waals surface area contributed by atoms with E-state index in [0.29, 0.717) is 24.3 Å². The number of carbonyl (C=O) groups is 1. The molecule has 0 atom stereocenters. The molecule has 0 bridgehead atoms. The number of hydrogen-bond acceptors (Lipinski definition) is 2. The summed E-state index contributed by atoms with van der Waals surface area (Å²) in [6.07, 6.45) is 2.18. The monoisotopic (exact) mass is 205 g/mol. The van der Waals surface area contributed by atoms with Crippen molar-refractivity contribution in [3.8, 4) is 5.75 Å². The molecule has 0 saturated heterocycles. The number of Topliss-reactive ketones (excluding diaryl/α,β-unsaturated/α-hetero) is 1.